The third kappa shape index (κ3) is 2.32. The zero-order valence-corrected chi connectivity index (χ0v) is 18.4. The second-order valence-corrected chi connectivity index (χ2v) is 9.23. The van der Waals surface area contributed by atoms with E-state index < -0.39 is 5.66 Å². The summed E-state index contributed by atoms with van der Waals surface area (Å²) in [6.45, 7) is 2.27. The highest BCUT2D eigenvalue weighted by Crippen LogP contribution is 2.49. The zero-order valence-electron chi connectivity index (χ0n) is 18.4. The van der Waals surface area contributed by atoms with Crippen LogP contribution >= 0.6 is 0 Å². The van der Waals surface area contributed by atoms with Crippen molar-refractivity contribution in [2.24, 2.45) is 5.92 Å². The molecule has 0 radical (unpaired) electrons. The Balaban J connectivity index is 1.59. The van der Waals surface area contributed by atoms with Crippen LogP contribution in [-0.2, 0) is 5.66 Å². The number of aromatic nitrogens is 1. The fourth-order valence-electron chi connectivity index (χ4n) is 6.15. The topological polar surface area (TPSA) is 6.89 Å². The molecule has 1 spiro atoms. The molecule has 2 nitrogen and oxygen atoms in total. The molecule has 3 aromatic carbocycles. The monoisotopic (exact) mass is 430 g/mol. The average Bonchev–Trinajstić information content (AvgIpc) is 3.31. The van der Waals surface area contributed by atoms with E-state index in [-0.39, 0.29) is 5.82 Å². The maximum Gasteiger partial charge on any atom is 0.417 e. The first-order chi connectivity index (χ1) is 16.2. The molecule has 0 fully saturated rings. The van der Waals surface area contributed by atoms with E-state index in [1.54, 1.807) is 12.1 Å². The van der Waals surface area contributed by atoms with Gasteiger partial charge >= 0.3 is 5.66 Å². The van der Waals surface area contributed by atoms with Gasteiger partial charge in [-0.05, 0) is 53.9 Å². The van der Waals surface area contributed by atoms with Gasteiger partial charge in [0.25, 0.3) is 0 Å². The first kappa shape index (κ1) is 18.7. The molecule has 3 heteroatoms. The Morgan fingerprint density at radius 3 is 2.24 bits per heavy atom. The molecule has 1 aromatic heterocycles. The van der Waals surface area contributed by atoms with Crippen LogP contribution in [-0.4, -0.2) is 10.3 Å². The molecule has 3 aliphatic heterocycles. The number of rotatable bonds is 1. The first-order valence-corrected chi connectivity index (χ1v) is 11.5. The van der Waals surface area contributed by atoms with Crippen LogP contribution in [0.2, 0.25) is 0 Å². The van der Waals surface area contributed by atoms with Crippen LogP contribution in [0.3, 0.4) is 0 Å². The average molecular weight is 431 g/mol. The molecule has 0 amide bonds. The van der Waals surface area contributed by atoms with E-state index in [4.69, 9.17) is 0 Å². The normalized spacial score (nSPS) is 22.0. The minimum atomic E-state index is -0.468. The molecule has 7 rings (SSSR count). The molecule has 2 unspecified atom stereocenters. The minimum Gasteiger partial charge on any atom is -0.207 e. The highest BCUT2D eigenvalue weighted by molar-refractivity contribution is 6.03. The summed E-state index contributed by atoms with van der Waals surface area (Å²) < 4.78 is 18.6. The van der Waals surface area contributed by atoms with E-state index in [0.29, 0.717) is 5.92 Å². The fraction of sp³-hybridized carbons (Fsp3) is 0.133. The third-order valence-corrected chi connectivity index (χ3v) is 7.52. The van der Waals surface area contributed by atoms with Crippen molar-refractivity contribution in [1.29, 1.82) is 0 Å². The van der Waals surface area contributed by atoms with E-state index in [2.05, 4.69) is 95.2 Å². The second kappa shape index (κ2) is 6.58. The van der Waals surface area contributed by atoms with Gasteiger partial charge in [-0.2, -0.15) is 0 Å². The number of halogens is 1. The summed E-state index contributed by atoms with van der Waals surface area (Å²) in [6.07, 6.45) is 5.47. The summed E-state index contributed by atoms with van der Waals surface area (Å²) in [7, 11) is 0. The Morgan fingerprint density at radius 2 is 1.45 bits per heavy atom. The molecule has 0 bridgehead atoms. The lowest BCUT2D eigenvalue weighted by atomic mass is 9.87. The summed E-state index contributed by atoms with van der Waals surface area (Å²) in [5.41, 5.74) is 9.62. The summed E-state index contributed by atoms with van der Waals surface area (Å²) in [4.78, 5) is 0. The predicted octanol–water partition coefficient (Wildman–Crippen LogP) is 5.74. The van der Waals surface area contributed by atoms with Crippen LogP contribution in [0.1, 0.15) is 35.6 Å². The summed E-state index contributed by atoms with van der Waals surface area (Å²) in [5.74, 6) is 0.135. The second-order valence-electron chi connectivity index (χ2n) is 9.23. The van der Waals surface area contributed by atoms with Crippen molar-refractivity contribution < 1.29 is 13.5 Å². The van der Waals surface area contributed by atoms with Gasteiger partial charge in [0.05, 0.1) is 11.1 Å². The van der Waals surface area contributed by atoms with Crippen molar-refractivity contribution in [3.8, 4) is 11.3 Å². The van der Waals surface area contributed by atoms with Crippen LogP contribution in [0.4, 0.5) is 4.39 Å². The Bertz CT molecular complexity index is 1470. The molecule has 4 aromatic rings. The van der Waals surface area contributed by atoms with Crippen molar-refractivity contribution in [1.82, 2.24) is 0 Å². The Labute approximate surface area is 192 Å². The van der Waals surface area contributed by atoms with Crippen molar-refractivity contribution in [2.45, 2.75) is 19.0 Å². The first-order valence-electron chi connectivity index (χ1n) is 11.5. The van der Waals surface area contributed by atoms with Gasteiger partial charge in [0, 0.05) is 24.1 Å². The van der Waals surface area contributed by atoms with Gasteiger partial charge in [-0.1, -0.05) is 43.3 Å². The molecule has 0 saturated carbocycles. The summed E-state index contributed by atoms with van der Waals surface area (Å²) in [6, 6.07) is 31.0. The Kier molecular flexibility index (Phi) is 3.73. The largest absolute Gasteiger partial charge is 0.417 e. The number of hydrogen-bond donors (Lipinski definition) is 0. The minimum absolute atomic E-state index is 0.200. The molecule has 33 heavy (non-hydrogen) atoms. The molecule has 0 N–H and O–H groups in total. The van der Waals surface area contributed by atoms with Gasteiger partial charge in [-0.3, -0.25) is 0 Å². The number of hydrogen-bond acceptors (Lipinski definition) is 0. The van der Waals surface area contributed by atoms with Gasteiger partial charge in [0.15, 0.2) is 18.1 Å². The molecular weight excluding hydrogens is 407 g/mol. The van der Waals surface area contributed by atoms with E-state index in [9.17, 15) is 4.39 Å². The number of benzene rings is 3. The number of allylic oxidation sites excluding steroid dienone is 1. The van der Waals surface area contributed by atoms with Crippen LogP contribution < -0.4 is 4.57 Å². The Morgan fingerprint density at radius 1 is 0.788 bits per heavy atom. The molecule has 4 heterocycles. The van der Waals surface area contributed by atoms with Crippen LogP contribution in [0.5, 0.6) is 0 Å². The quantitative estimate of drug-likeness (QED) is 0.340. The number of fused-ring (bicyclic) bond motifs is 9. The molecule has 2 atom stereocenters. The highest BCUT2D eigenvalue weighted by Gasteiger charge is 2.67. The van der Waals surface area contributed by atoms with Crippen molar-refractivity contribution in [3.05, 3.63) is 131 Å². The van der Waals surface area contributed by atoms with Crippen molar-refractivity contribution in [2.75, 3.05) is 0 Å². The maximum atomic E-state index is 13.7. The highest BCUT2D eigenvalue weighted by atomic mass is 19.1. The summed E-state index contributed by atoms with van der Waals surface area (Å²) >= 11 is 0. The van der Waals surface area contributed by atoms with E-state index in [1.165, 1.54) is 39.2 Å². The zero-order chi connectivity index (χ0) is 22.2. The van der Waals surface area contributed by atoms with E-state index in [1.807, 2.05) is 12.1 Å². The molecule has 158 valence electrons. The number of pyridine rings is 1. The molecule has 0 saturated heterocycles. The summed E-state index contributed by atoms with van der Waals surface area (Å²) in [5, 5.41) is 0. The standard InChI is InChI=1S/C30H23FN2/c1-20-18-29-24-9-3-5-11-27(24)30(33(29)19-25(20)21-13-15-22(31)16-14-21)26-10-4-2-8-23(26)28-12-6-7-17-32(28)30/h2-17,19-20H,18H2,1H3/q+2. The van der Waals surface area contributed by atoms with Crippen LogP contribution in [0.25, 0.3) is 16.8 Å². The lowest BCUT2D eigenvalue weighted by Gasteiger charge is -2.23. The van der Waals surface area contributed by atoms with Crippen molar-refractivity contribution in [3.63, 3.8) is 0 Å². The third-order valence-electron chi connectivity index (χ3n) is 7.52. The van der Waals surface area contributed by atoms with Crippen LogP contribution in [0, 0.1) is 11.7 Å². The fourth-order valence-corrected chi connectivity index (χ4v) is 6.15. The smallest absolute Gasteiger partial charge is 0.207 e. The SMILES string of the molecule is CC1CC2=[N+](C=C1c1ccc(F)cc1)C1(c3ccccc32)c2ccccc2-c2cccc[n+]21. The van der Waals surface area contributed by atoms with Gasteiger partial charge in [-0.15, -0.1) is 9.14 Å². The van der Waals surface area contributed by atoms with Gasteiger partial charge in [0.2, 0.25) is 5.69 Å². The van der Waals surface area contributed by atoms with E-state index in [0.717, 1.165) is 12.0 Å². The lowest BCUT2D eigenvalue weighted by molar-refractivity contribution is -0.878. The predicted molar refractivity (Wildman–Crippen MR) is 127 cm³/mol. The van der Waals surface area contributed by atoms with Crippen LogP contribution in [0.15, 0.2) is 103 Å². The van der Waals surface area contributed by atoms with Gasteiger partial charge < -0.3 is 0 Å². The van der Waals surface area contributed by atoms with Crippen molar-refractivity contribution >= 4 is 11.3 Å². The van der Waals surface area contributed by atoms with E-state index >= 15 is 0 Å². The maximum absolute atomic E-state index is 13.7. The molecular formula is C30H23FN2+2. The van der Waals surface area contributed by atoms with Gasteiger partial charge in [0.1, 0.15) is 16.9 Å². The lowest BCUT2D eigenvalue weighted by Crippen LogP contribution is -2.60. The number of nitrogens with zero attached hydrogens (tertiary/aromatic N) is 2. The molecule has 0 aliphatic carbocycles. The molecule has 3 aliphatic rings. The Hall–Kier alpha value is -3.85. The van der Waals surface area contributed by atoms with Gasteiger partial charge in [-0.25, -0.2) is 4.39 Å².